The molecule has 1 amide bonds. The maximum absolute atomic E-state index is 12.1. The van der Waals surface area contributed by atoms with Crippen molar-refractivity contribution in [2.75, 3.05) is 19.8 Å². The Bertz CT molecular complexity index is 251. The van der Waals surface area contributed by atoms with Crippen LogP contribution in [0.15, 0.2) is 0 Å². The number of carbonyl (C=O) groups excluding carboxylic acids is 1. The molecule has 2 fully saturated rings. The topological polar surface area (TPSA) is 38.8 Å². The molecule has 98 valence electrons. The quantitative estimate of drug-likeness (QED) is 0.746. The highest BCUT2D eigenvalue weighted by atomic mass is 16.6. The molecule has 1 unspecified atom stereocenters. The van der Waals surface area contributed by atoms with Crippen molar-refractivity contribution in [3.05, 3.63) is 0 Å². The maximum Gasteiger partial charge on any atom is 0.410 e. The predicted molar refractivity (Wildman–Crippen MR) is 65.0 cm³/mol. The van der Waals surface area contributed by atoms with E-state index in [0.29, 0.717) is 19.8 Å². The minimum Gasteiger partial charge on any atom is -0.446 e. The third kappa shape index (κ3) is 3.35. The van der Waals surface area contributed by atoms with Gasteiger partial charge >= 0.3 is 6.09 Å². The first-order valence-electron chi connectivity index (χ1n) is 6.86. The second-order valence-electron chi connectivity index (χ2n) is 4.97. The van der Waals surface area contributed by atoms with Gasteiger partial charge in [-0.25, -0.2) is 4.79 Å². The SMILES string of the molecule is CCC1COCCN1C(=O)OC1CCCCC1. The summed E-state index contributed by atoms with van der Waals surface area (Å²) in [6.07, 6.45) is 6.68. The van der Waals surface area contributed by atoms with Gasteiger partial charge in [0, 0.05) is 6.54 Å². The molecule has 2 aliphatic rings. The fourth-order valence-corrected chi connectivity index (χ4v) is 2.63. The number of hydrogen-bond donors (Lipinski definition) is 0. The Labute approximate surface area is 103 Å². The summed E-state index contributed by atoms with van der Waals surface area (Å²) in [6.45, 7) is 4.04. The van der Waals surface area contributed by atoms with E-state index in [1.165, 1.54) is 19.3 Å². The standard InChI is InChI=1S/C13H23NO3/c1-2-11-10-16-9-8-14(11)13(15)17-12-6-4-3-5-7-12/h11-12H,2-10H2,1H3. The lowest BCUT2D eigenvalue weighted by atomic mass is 9.98. The number of ether oxygens (including phenoxy) is 2. The molecular formula is C13H23NO3. The minimum atomic E-state index is -0.132. The lowest BCUT2D eigenvalue weighted by molar-refractivity contribution is -0.0240. The van der Waals surface area contributed by atoms with Crippen molar-refractivity contribution in [2.45, 2.75) is 57.6 Å². The zero-order valence-electron chi connectivity index (χ0n) is 10.7. The van der Waals surface area contributed by atoms with Crippen LogP contribution in [0.4, 0.5) is 4.79 Å². The van der Waals surface area contributed by atoms with E-state index in [9.17, 15) is 4.79 Å². The van der Waals surface area contributed by atoms with E-state index in [0.717, 1.165) is 19.3 Å². The smallest absolute Gasteiger partial charge is 0.410 e. The summed E-state index contributed by atoms with van der Waals surface area (Å²) in [4.78, 5) is 13.9. The summed E-state index contributed by atoms with van der Waals surface area (Å²) in [5.41, 5.74) is 0. The van der Waals surface area contributed by atoms with Crippen molar-refractivity contribution in [1.29, 1.82) is 0 Å². The third-order valence-corrected chi connectivity index (χ3v) is 3.75. The van der Waals surface area contributed by atoms with Crippen LogP contribution in [0.3, 0.4) is 0 Å². The largest absolute Gasteiger partial charge is 0.446 e. The Hall–Kier alpha value is -0.770. The van der Waals surface area contributed by atoms with Gasteiger partial charge < -0.3 is 14.4 Å². The van der Waals surface area contributed by atoms with Gasteiger partial charge in [-0.05, 0) is 32.1 Å². The van der Waals surface area contributed by atoms with E-state index >= 15 is 0 Å². The molecule has 0 aromatic carbocycles. The molecule has 0 aromatic heterocycles. The van der Waals surface area contributed by atoms with Crippen LogP contribution in [0, 0.1) is 0 Å². The lowest BCUT2D eigenvalue weighted by Crippen LogP contribution is -2.49. The van der Waals surface area contributed by atoms with Gasteiger partial charge in [0.2, 0.25) is 0 Å². The Morgan fingerprint density at radius 1 is 1.35 bits per heavy atom. The molecule has 1 aliphatic carbocycles. The maximum atomic E-state index is 12.1. The summed E-state index contributed by atoms with van der Waals surface area (Å²) in [6, 6.07) is 0.194. The van der Waals surface area contributed by atoms with Crippen molar-refractivity contribution in [3.8, 4) is 0 Å². The second-order valence-corrected chi connectivity index (χ2v) is 4.97. The van der Waals surface area contributed by atoms with E-state index in [1.807, 2.05) is 4.90 Å². The Morgan fingerprint density at radius 2 is 2.12 bits per heavy atom. The molecule has 0 radical (unpaired) electrons. The van der Waals surface area contributed by atoms with Crippen molar-refractivity contribution >= 4 is 6.09 Å². The Balaban J connectivity index is 1.84. The fraction of sp³-hybridized carbons (Fsp3) is 0.923. The van der Waals surface area contributed by atoms with E-state index in [4.69, 9.17) is 9.47 Å². The summed E-state index contributed by atoms with van der Waals surface area (Å²) < 4.78 is 11.0. The van der Waals surface area contributed by atoms with Crippen LogP contribution in [0.1, 0.15) is 45.4 Å². The van der Waals surface area contributed by atoms with E-state index in [1.54, 1.807) is 0 Å². The number of nitrogens with zero attached hydrogens (tertiary/aromatic N) is 1. The summed E-state index contributed by atoms with van der Waals surface area (Å²) >= 11 is 0. The predicted octanol–water partition coefficient (Wildman–Crippen LogP) is 2.57. The van der Waals surface area contributed by atoms with Crippen LogP contribution in [-0.2, 0) is 9.47 Å². The lowest BCUT2D eigenvalue weighted by Gasteiger charge is -2.35. The average Bonchev–Trinajstić information content (AvgIpc) is 2.40. The molecular weight excluding hydrogens is 218 g/mol. The molecule has 1 aliphatic heterocycles. The molecule has 1 saturated heterocycles. The van der Waals surface area contributed by atoms with Gasteiger partial charge in [0.25, 0.3) is 0 Å². The van der Waals surface area contributed by atoms with Gasteiger partial charge in [0.15, 0.2) is 0 Å². The molecule has 0 aromatic rings. The molecule has 0 bridgehead atoms. The number of hydrogen-bond acceptors (Lipinski definition) is 3. The monoisotopic (exact) mass is 241 g/mol. The minimum absolute atomic E-state index is 0.132. The Kier molecular flexibility index (Phi) is 4.66. The van der Waals surface area contributed by atoms with Crippen LogP contribution in [-0.4, -0.2) is 42.9 Å². The van der Waals surface area contributed by atoms with Crippen LogP contribution in [0.2, 0.25) is 0 Å². The van der Waals surface area contributed by atoms with Gasteiger partial charge in [0.1, 0.15) is 6.10 Å². The highest BCUT2D eigenvalue weighted by Gasteiger charge is 2.29. The van der Waals surface area contributed by atoms with Crippen molar-refractivity contribution in [2.24, 2.45) is 0 Å². The van der Waals surface area contributed by atoms with Crippen LogP contribution in [0.25, 0.3) is 0 Å². The molecule has 1 atom stereocenters. The molecule has 0 spiro atoms. The molecule has 4 heteroatoms. The number of carbonyl (C=O) groups is 1. The Morgan fingerprint density at radius 3 is 2.82 bits per heavy atom. The average molecular weight is 241 g/mol. The van der Waals surface area contributed by atoms with Crippen molar-refractivity contribution < 1.29 is 14.3 Å². The highest BCUT2D eigenvalue weighted by molar-refractivity contribution is 5.68. The molecule has 2 rings (SSSR count). The molecule has 17 heavy (non-hydrogen) atoms. The van der Waals surface area contributed by atoms with Gasteiger partial charge in [-0.2, -0.15) is 0 Å². The zero-order valence-corrected chi connectivity index (χ0v) is 10.7. The molecule has 1 heterocycles. The second kappa shape index (κ2) is 6.24. The van der Waals surface area contributed by atoms with Crippen molar-refractivity contribution in [3.63, 3.8) is 0 Å². The van der Waals surface area contributed by atoms with E-state index in [-0.39, 0.29) is 18.2 Å². The first kappa shape index (κ1) is 12.7. The van der Waals surface area contributed by atoms with Gasteiger partial charge in [-0.15, -0.1) is 0 Å². The van der Waals surface area contributed by atoms with Crippen molar-refractivity contribution in [1.82, 2.24) is 4.90 Å². The summed E-state index contributed by atoms with van der Waals surface area (Å²) in [7, 11) is 0. The van der Waals surface area contributed by atoms with E-state index < -0.39 is 0 Å². The first-order valence-corrected chi connectivity index (χ1v) is 6.86. The fourth-order valence-electron chi connectivity index (χ4n) is 2.63. The third-order valence-electron chi connectivity index (χ3n) is 3.75. The summed E-state index contributed by atoms with van der Waals surface area (Å²) in [5, 5.41) is 0. The number of amides is 1. The van der Waals surface area contributed by atoms with Gasteiger partial charge in [-0.1, -0.05) is 13.3 Å². The van der Waals surface area contributed by atoms with Crippen LogP contribution in [0.5, 0.6) is 0 Å². The zero-order chi connectivity index (χ0) is 12.1. The molecule has 0 N–H and O–H groups in total. The highest BCUT2D eigenvalue weighted by Crippen LogP contribution is 2.22. The van der Waals surface area contributed by atoms with Gasteiger partial charge in [-0.3, -0.25) is 0 Å². The molecule has 4 nitrogen and oxygen atoms in total. The summed E-state index contributed by atoms with van der Waals surface area (Å²) in [5.74, 6) is 0. The van der Waals surface area contributed by atoms with Crippen LogP contribution >= 0.6 is 0 Å². The normalized spacial score (nSPS) is 26.9. The molecule has 1 saturated carbocycles. The van der Waals surface area contributed by atoms with E-state index in [2.05, 4.69) is 6.92 Å². The number of rotatable bonds is 2. The van der Waals surface area contributed by atoms with Gasteiger partial charge in [0.05, 0.1) is 19.3 Å². The first-order chi connectivity index (χ1) is 8.31. The number of morpholine rings is 1. The van der Waals surface area contributed by atoms with Crippen LogP contribution < -0.4 is 0 Å².